The number of hydrogen-bond acceptors (Lipinski definition) is 3. The summed E-state index contributed by atoms with van der Waals surface area (Å²) in [7, 11) is 1.36. The maximum absolute atomic E-state index is 12.5. The fourth-order valence-corrected chi connectivity index (χ4v) is 2.30. The van der Waals surface area contributed by atoms with Crippen LogP contribution in [0.4, 0.5) is 13.2 Å². The molecule has 0 radical (unpaired) electrons. The molecule has 0 saturated heterocycles. The number of amides is 1. The highest BCUT2D eigenvalue weighted by atomic mass is 32.2. The van der Waals surface area contributed by atoms with Gasteiger partial charge in [-0.1, -0.05) is 19.1 Å². The molecular weight excluding hydrogens is 307 g/mol. The van der Waals surface area contributed by atoms with Gasteiger partial charge in [-0.15, -0.1) is 0 Å². The van der Waals surface area contributed by atoms with Gasteiger partial charge in [0.1, 0.15) is 0 Å². The van der Waals surface area contributed by atoms with Crippen molar-refractivity contribution in [3.05, 3.63) is 29.8 Å². The first-order valence-electron chi connectivity index (χ1n) is 5.95. The third-order valence-corrected chi connectivity index (χ3v) is 3.47. The van der Waals surface area contributed by atoms with E-state index in [2.05, 4.69) is 0 Å². The predicted molar refractivity (Wildman–Crippen MR) is 72.1 cm³/mol. The van der Waals surface area contributed by atoms with Crippen LogP contribution in [0.3, 0.4) is 0 Å². The lowest BCUT2D eigenvalue weighted by molar-refractivity contribution is -0.141. The number of thioether (sulfide) groups is 1. The second-order valence-corrected chi connectivity index (χ2v) is 5.58. The zero-order valence-corrected chi connectivity index (χ0v) is 12.2. The molecule has 0 aliphatic heterocycles. The van der Waals surface area contributed by atoms with Crippen LogP contribution in [-0.4, -0.2) is 41.0 Å². The molecule has 0 aliphatic rings. The molecular formula is C13H14F3NO3S. The van der Waals surface area contributed by atoms with E-state index in [4.69, 9.17) is 5.11 Å². The highest BCUT2D eigenvalue weighted by molar-refractivity contribution is 8.00. The topological polar surface area (TPSA) is 57.6 Å². The van der Waals surface area contributed by atoms with Crippen LogP contribution in [0.1, 0.15) is 17.3 Å². The molecule has 0 saturated carbocycles. The van der Waals surface area contributed by atoms with Gasteiger partial charge in [0.2, 0.25) is 0 Å². The Morgan fingerprint density at radius 3 is 2.43 bits per heavy atom. The fourth-order valence-electron chi connectivity index (χ4n) is 1.63. The Morgan fingerprint density at radius 2 is 1.90 bits per heavy atom. The summed E-state index contributed by atoms with van der Waals surface area (Å²) in [6.45, 7) is 1.33. The van der Waals surface area contributed by atoms with Gasteiger partial charge >= 0.3 is 11.5 Å². The standard InChI is InChI=1S/C13H14F3NO3S/c1-8(12(19)20)7-17(2)11(18)9-5-3-4-6-10(9)21-13(14,15)16/h3-6,8H,7H2,1-2H3,(H,19,20). The molecule has 1 aromatic rings. The number of alkyl halides is 3. The van der Waals surface area contributed by atoms with E-state index >= 15 is 0 Å². The minimum Gasteiger partial charge on any atom is -0.481 e. The van der Waals surface area contributed by atoms with Crippen molar-refractivity contribution in [2.24, 2.45) is 5.92 Å². The first-order valence-corrected chi connectivity index (χ1v) is 6.76. The number of benzene rings is 1. The van der Waals surface area contributed by atoms with Crippen molar-refractivity contribution in [1.82, 2.24) is 4.90 Å². The third kappa shape index (κ3) is 5.30. The summed E-state index contributed by atoms with van der Waals surface area (Å²) < 4.78 is 37.4. The second-order valence-electron chi connectivity index (χ2n) is 4.47. The van der Waals surface area contributed by atoms with Crippen molar-refractivity contribution in [3.8, 4) is 0 Å². The molecule has 1 aromatic carbocycles. The summed E-state index contributed by atoms with van der Waals surface area (Å²) in [6, 6.07) is 5.37. The number of aliphatic carboxylic acids is 1. The van der Waals surface area contributed by atoms with Gasteiger partial charge in [0.05, 0.1) is 11.5 Å². The number of hydrogen-bond donors (Lipinski definition) is 1. The Labute approximate surface area is 123 Å². The van der Waals surface area contributed by atoms with Gasteiger partial charge in [-0.05, 0) is 23.9 Å². The lowest BCUT2D eigenvalue weighted by Crippen LogP contribution is -2.34. The van der Waals surface area contributed by atoms with Crippen molar-refractivity contribution in [1.29, 1.82) is 0 Å². The SMILES string of the molecule is CC(CN(C)C(=O)c1ccccc1SC(F)(F)F)C(=O)O. The second kappa shape index (κ2) is 6.84. The summed E-state index contributed by atoms with van der Waals surface area (Å²) >= 11 is -0.366. The molecule has 4 nitrogen and oxygen atoms in total. The lowest BCUT2D eigenvalue weighted by atomic mass is 10.1. The van der Waals surface area contributed by atoms with E-state index in [0.717, 1.165) is 4.90 Å². The molecule has 1 atom stereocenters. The van der Waals surface area contributed by atoms with E-state index in [9.17, 15) is 22.8 Å². The van der Waals surface area contributed by atoms with Crippen molar-refractivity contribution in [2.75, 3.05) is 13.6 Å². The minimum atomic E-state index is -4.50. The van der Waals surface area contributed by atoms with E-state index in [0.29, 0.717) is 0 Å². The maximum Gasteiger partial charge on any atom is 0.446 e. The molecule has 1 N–H and O–H groups in total. The number of carboxylic acids is 1. The Hall–Kier alpha value is -1.70. The van der Waals surface area contributed by atoms with E-state index in [-0.39, 0.29) is 28.8 Å². The van der Waals surface area contributed by atoms with Crippen molar-refractivity contribution in [2.45, 2.75) is 17.3 Å². The largest absolute Gasteiger partial charge is 0.481 e. The van der Waals surface area contributed by atoms with Gasteiger partial charge in [-0.3, -0.25) is 9.59 Å². The highest BCUT2D eigenvalue weighted by Gasteiger charge is 2.32. The number of carbonyl (C=O) groups is 2. The van der Waals surface area contributed by atoms with Crippen LogP contribution in [0.5, 0.6) is 0 Å². The molecule has 0 heterocycles. The van der Waals surface area contributed by atoms with Crippen molar-refractivity contribution in [3.63, 3.8) is 0 Å². The van der Waals surface area contributed by atoms with Crippen LogP contribution in [0, 0.1) is 5.92 Å². The predicted octanol–water partition coefficient (Wildman–Crippen LogP) is 3.09. The van der Waals surface area contributed by atoms with Gasteiger partial charge in [-0.25, -0.2) is 0 Å². The van der Waals surface area contributed by atoms with Gasteiger partial charge in [0, 0.05) is 18.5 Å². The average molecular weight is 321 g/mol. The molecule has 0 bridgehead atoms. The van der Waals surface area contributed by atoms with Crippen LogP contribution in [0.25, 0.3) is 0 Å². The van der Waals surface area contributed by atoms with E-state index in [1.165, 1.54) is 38.2 Å². The Balaban J connectivity index is 2.94. The maximum atomic E-state index is 12.5. The number of carboxylic acid groups (broad SMARTS) is 1. The third-order valence-electron chi connectivity index (χ3n) is 2.66. The van der Waals surface area contributed by atoms with Crippen molar-refractivity contribution >= 4 is 23.6 Å². The molecule has 0 fully saturated rings. The van der Waals surface area contributed by atoms with E-state index < -0.39 is 23.3 Å². The number of nitrogens with zero attached hydrogens (tertiary/aromatic N) is 1. The molecule has 0 spiro atoms. The van der Waals surface area contributed by atoms with Gasteiger partial charge in [0.15, 0.2) is 0 Å². The summed E-state index contributed by atoms with van der Waals surface area (Å²) in [6.07, 6.45) is 0. The molecule has 0 aromatic heterocycles. The van der Waals surface area contributed by atoms with Crippen LogP contribution in [-0.2, 0) is 4.79 Å². The van der Waals surface area contributed by atoms with E-state index in [1.807, 2.05) is 0 Å². The fraction of sp³-hybridized carbons (Fsp3) is 0.385. The van der Waals surface area contributed by atoms with Gasteiger partial charge < -0.3 is 10.0 Å². The van der Waals surface area contributed by atoms with E-state index in [1.54, 1.807) is 0 Å². The molecule has 1 unspecified atom stereocenters. The average Bonchev–Trinajstić information content (AvgIpc) is 2.36. The smallest absolute Gasteiger partial charge is 0.446 e. The van der Waals surface area contributed by atoms with Crippen LogP contribution < -0.4 is 0 Å². The van der Waals surface area contributed by atoms with Crippen molar-refractivity contribution < 1.29 is 27.9 Å². The normalized spacial score (nSPS) is 12.8. The molecule has 21 heavy (non-hydrogen) atoms. The first kappa shape index (κ1) is 17.4. The molecule has 1 amide bonds. The number of carbonyl (C=O) groups excluding carboxylic acids is 1. The monoisotopic (exact) mass is 321 g/mol. The molecule has 8 heteroatoms. The van der Waals surface area contributed by atoms with Gasteiger partial charge in [-0.2, -0.15) is 13.2 Å². The zero-order chi connectivity index (χ0) is 16.2. The summed E-state index contributed by atoms with van der Waals surface area (Å²) in [5, 5.41) is 8.80. The number of halogens is 3. The highest BCUT2D eigenvalue weighted by Crippen LogP contribution is 2.38. The van der Waals surface area contributed by atoms with Crippen LogP contribution >= 0.6 is 11.8 Å². The molecule has 1 rings (SSSR count). The summed E-state index contributed by atoms with van der Waals surface area (Å²) in [5.41, 5.74) is -4.59. The summed E-state index contributed by atoms with van der Waals surface area (Å²) in [5.74, 6) is -2.52. The number of rotatable bonds is 5. The Morgan fingerprint density at radius 1 is 1.33 bits per heavy atom. The first-order chi connectivity index (χ1) is 9.61. The van der Waals surface area contributed by atoms with Crippen LogP contribution in [0.2, 0.25) is 0 Å². The van der Waals surface area contributed by atoms with Gasteiger partial charge in [0.25, 0.3) is 5.91 Å². The molecule has 0 aliphatic carbocycles. The Kier molecular flexibility index (Phi) is 5.65. The quantitative estimate of drug-likeness (QED) is 0.847. The Bertz CT molecular complexity index is 534. The van der Waals surface area contributed by atoms with Crippen LogP contribution in [0.15, 0.2) is 29.2 Å². The zero-order valence-electron chi connectivity index (χ0n) is 11.3. The minimum absolute atomic E-state index is 0.0841. The lowest BCUT2D eigenvalue weighted by Gasteiger charge is -2.21. The summed E-state index contributed by atoms with van der Waals surface area (Å²) in [4.78, 5) is 23.8. The molecule has 116 valence electrons.